The Kier molecular flexibility index (Phi) is 3.44. The molecule has 2 aromatic rings. The van der Waals surface area contributed by atoms with Gasteiger partial charge in [0.25, 0.3) is 5.91 Å². The lowest BCUT2D eigenvalue weighted by molar-refractivity contribution is 0.102. The first-order valence-electron chi connectivity index (χ1n) is 5.02. The molecule has 0 saturated heterocycles. The summed E-state index contributed by atoms with van der Waals surface area (Å²) in [4.78, 5) is 12.4. The van der Waals surface area contributed by atoms with Crippen LogP contribution in [0.15, 0.2) is 53.4 Å². The van der Waals surface area contributed by atoms with Gasteiger partial charge in [0.05, 0.1) is 5.56 Å². The van der Waals surface area contributed by atoms with E-state index in [1.165, 1.54) is 18.2 Å². The Balaban J connectivity index is 2.20. The van der Waals surface area contributed by atoms with Gasteiger partial charge in [-0.15, -0.1) is 12.6 Å². The Bertz CT molecular complexity index is 557. The topological polar surface area (TPSA) is 29.1 Å². The molecule has 86 valence electrons. The second kappa shape index (κ2) is 5.01. The monoisotopic (exact) mass is 247 g/mol. The number of benzene rings is 2. The van der Waals surface area contributed by atoms with Crippen LogP contribution < -0.4 is 5.32 Å². The fourth-order valence-electron chi connectivity index (χ4n) is 1.43. The lowest BCUT2D eigenvalue weighted by Gasteiger charge is -2.06. The van der Waals surface area contributed by atoms with E-state index in [0.29, 0.717) is 16.1 Å². The van der Waals surface area contributed by atoms with E-state index in [1.807, 2.05) is 0 Å². The minimum Gasteiger partial charge on any atom is -0.322 e. The molecule has 0 bridgehead atoms. The normalized spacial score (nSPS) is 10.0. The maximum Gasteiger partial charge on any atom is 0.256 e. The number of carbonyl (C=O) groups is 1. The van der Waals surface area contributed by atoms with Crippen molar-refractivity contribution in [1.82, 2.24) is 0 Å². The van der Waals surface area contributed by atoms with Crippen LogP contribution in [0.3, 0.4) is 0 Å². The molecule has 0 aliphatic rings. The van der Waals surface area contributed by atoms with E-state index >= 15 is 0 Å². The molecule has 0 aliphatic carbocycles. The highest BCUT2D eigenvalue weighted by Crippen LogP contribution is 2.16. The smallest absolute Gasteiger partial charge is 0.256 e. The summed E-state index contributed by atoms with van der Waals surface area (Å²) in [6.07, 6.45) is 0. The van der Waals surface area contributed by atoms with Crippen LogP contribution in [-0.2, 0) is 0 Å². The highest BCUT2D eigenvalue weighted by molar-refractivity contribution is 7.80. The van der Waals surface area contributed by atoms with E-state index in [0.717, 1.165) is 0 Å². The average molecular weight is 247 g/mol. The Morgan fingerprint density at radius 1 is 1.12 bits per heavy atom. The predicted octanol–water partition coefficient (Wildman–Crippen LogP) is 3.37. The van der Waals surface area contributed by atoms with Gasteiger partial charge in [0.2, 0.25) is 0 Å². The van der Waals surface area contributed by atoms with Crippen molar-refractivity contribution in [2.75, 3.05) is 5.32 Å². The zero-order chi connectivity index (χ0) is 12.3. The molecule has 0 saturated carbocycles. The number of carbonyl (C=O) groups excluding carboxylic acids is 1. The zero-order valence-electron chi connectivity index (χ0n) is 8.85. The maximum absolute atomic E-state index is 12.9. The van der Waals surface area contributed by atoms with Gasteiger partial charge in [0.15, 0.2) is 0 Å². The zero-order valence-corrected chi connectivity index (χ0v) is 9.75. The molecular weight excluding hydrogens is 237 g/mol. The number of rotatable bonds is 2. The molecule has 4 heteroatoms. The molecule has 0 atom stereocenters. The SMILES string of the molecule is O=C(Nc1cccc(F)c1)c1ccccc1S. The maximum atomic E-state index is 12.9. The molecule has 2 aromatic carbocycles. The molecule has 0 aliphatic heterocycles. The molecule has 17 heavy (non-hydrogen) atoms. The van der Waals surface area contributed by atoms with Gasteiger partial charge in [0, 0.05) is 10.6 Å². The molecule has 1 N–H and O–H groups in total. The van der Waals surface area contributed by atoms with Crippen molar-refractivity contribution < 1.29 is 9.18 Å². The fourth-order valence-corrected chi connectivity index (χ4v) is 1.69. The van der Waals surface area contributed by atoms with Gasteiger partial charge < -0.3 is 5.32 Å². The molecule has 2 rings (SSSR count). The van der Waals surface area contributed by atoms with Crippen LogP contribution >= 0.6 is 12.6 Å². The van der Waals surface area contributed by atoms with Crippen LogP contribution in [0, 0.1) is 5.82 Å². The predicted molar refractivity (Wildman–Crippen MR) is 68.0 cm³/mol. The largest absolute Gasteiger partial charge is 0.322 e. The summed E-state index contributed by atoms with van der Waals surface area (Å²) in [6.45, 7) is 0. The van der Waals surface area contributed by atoms with Gasteiger partial charge in [-0.05, 0) is 30.3 Å². The Hall–Kier alpha value is -1.81. The molecule has 0 aromatic heterocycles. The van der Waals surface area contributed by atoms with E-state index in [2.05, 4.69) is 17.9 Å². The molecule has 0 unspecified atom stereocenters. The summed E-state index contributed by atoms with van der Waals surface area (Å²) in [5.41, 5.74) is 0.881. The second-order valence-electron chi connectivity index (χ2n) is 3.48. The van der Waals surface area contributed by atoms with Crippen LogP contribution in [0.25, 0.3) is 0 Å². The Morgan fingerprint density at radius 3 is 2.59 bits per heavy atom. The molecule has 0 radical (unpaired) electrons. The van der Waals surface area contributed by atoms with Crippen molar-refractivity contribution in [2.45, 2.75) is 4.90 Å². The van der Waals surface area contributed by atoms with Crippen LogP contribution in [0.2, 0.25) is 0 Å². The number of anilines is 1. The number of thiol groups is 1. The molecule has 0 heterocycles. The molecular formula is C13H10FNOS. The standard InChI is InChI=1S/C13H10FNOS/c14-9-4-3-5-10(8-9)15-13(16)11-6-1-2-7-12(11)17/h1-8,17H,(H,15,16). The van der Waals surface area contributed by atoms with Crippen molar-refractivity contribution in [3.05, 3.63) is 59.9 Å². The first-order valence-corrected chi connectivity index (χ1v) is 5.46. The first kappa shape index (κ1) is 11.7. The van der Waals surface area contributed by atoms with Crippen molar-refractivity contribution >= 4 is 24.2 Å². The summed E-state index contributed by atoms with van der Waals surface area (Å²) < 4.78 is 12.9. The molecule has 0 spiro atoms. The van der Waals surface area contributed by atoms with Crippen molar-refractivity contribution in [1.29, 1.82) is 0 Å². The summed E-state index contributed by atoms with van der Waals surface area (Å²) in [6, 6.07) is 12.7. The highest BCUT2D eigenvalue weighted by atomic mass is 32.1. The third kappa shape index (κ3) is 2.85. The summed E-state index contributed by atoms with van der Waals surface area (Å²) in [5.74, 6) is -0.692. The average Bonchev–Trinajstić information content (AvgIpc) is 2.29. The lowest BCUT2D eigenvalue weighted by Crippen LogP contribution is -2.12. The van der Waals surface area contributed by atoms with Crippen LogP contribution in [0.5, 0.6) is 0 Å². The minimum absolute atomic E-state index is 0.304. The summed E-state index contributed by atoms with van der Waals surface area (Å²) >= 11 is 4.19. The van der Waals surface area contributed by atoms with Crippen molar-refractivity contribution in [3.63, 3.8) is 0 Å². The third-order valence-corrected chi connectivity index (χ3v) is 2.62. The van der Waals surface area contributed by atoms with E-state index in [4.69, 9.17) is 0 Å². The van der Waals surface area contributed by atoms with Crippen LogP contribution in [0.4, 0.5) is 10.1 Å². The number of hydrogen-bond donors (Lipinski definition) is 2. The van der Waals surface area contributed by atoms with Crippen LogP contribution in [0.1, 0.15) is 10.4 Å². The number of halogens is 1. The van der Waals surface area contributed by atoms with Crippen LogP contribution in [-0.4, -0.2) is 5.91 Å². The Labute approximate surface area is 104 Å². The highest BCUT2D eigenvalue weighted by Gasteiger charge is 2.08. The van der Waals surface area contributed by atoms with Gasteiger partial charge in [-0.1, -0.05) is 18.2 Å². The quantitative estimate of drug-likeness (QED) is 0.783. The van der Waals surface area contributed by atoms with E-state index < -0.39 is 0 Å². The second-order valence-corrected chi connectivity index (χ2v) is 3.96. The van der Waals surface area contributed by atoms with Gasteiger partial charge in [0.1, 0.15) is 5.82 Å². The lowest BCUT2D eigenvalue weighted by atomic mass is 10.2. The Morgan fingerprint density at radius 2 is 1.88 bits per heavy atom. The summed E-state index contributed by atoms with van der Waals surface area (Å²) in [5, 5.41) is 2.61. The van der Waals surface area contributed by atoms with E-state index in [9.17, 15) is 9.18 Å². The minimum atomic E-state index is -0.387. The number of amides is 1. The fraction of sp³-hybridized carbons (Fsp3) is 0. The van der Waals surface area contributed by atoms with Crippen molar-refractivity contribution in [2.24, 2.45) is 0 Å². The van der Waals surface area contributed by atoms with Gasteiger partial charge >= 0.3 is 0 Å². The van der Waals surface area contributed by atoms with Gasteiger partial charge in [-0.25, -0.2) is 4.39 Å². The van der Waals surface area contributed by atoms with Crippen molar-refractivity contribution in [3.8, 4) is 0 Å². The third-order valence-electron chi connectivity index (χ3n) is 2.23. The van der Waals surface area contributed by atoms with Gasteiger partial charge in [-0.3, -0.25) is 4.79 Å². The van der Waals surface area contributed by atoms with E-state index in [1.54, 1.807) is 30.3 Å². The van der Waals surface area contributed by atoms with E-state index in [-0.39, 0.29) is 11.7 Å². The molecule has 0 fully saturated rings. The summed E-state index contributed by atoms with van der Waals surface area (Å²) in [7, 11) is 0. The number of nitrogens with one attached hydrogen (secondary N) is 1. The van der Waals surface area contributed by atoms with Gasteiger partial charge in [-0.2, -0.15) is 0 Å². The number of hydrogen-bond acceptors (Lipinski definition) is 2. The first-order chi connectivity index (χ1) is 8.16. The molecule has 1 amide bonds. The molecule has 2 nitrogen and oxygen atoms in total.